The number of methoxy groups -OCH3 is 1. The fraction of sp³-hybridized carbons (Fsp3) is 0.312. The molecule has 0 aliphatic rings. The van der Waals surface area contributed by atoms with Crippen LogP contribution in [0, 0.1) is 0 Å². The van der Waals surface area contributed by atoms with Gasteiger partial charge in [-0.1, -0.05) is 36.4 Å². The molecule has 3 nitrogen and oxygen atoms in total. The van der Waals surface area contributed by atoms with Crippen molar-refractivity contribution in [1.29, 1.82) is 0 Å². The van der Waals surface area contributed by atoms with Crippen molar-refractivity contribution in [1.82, 2.24) is 10.3 Å². The normalized spacial score (nSPS) is 11.4. The Balaban J connectivity index is 1.90. The molecule has 0 unspecified atom stereocenters. The summed E-state index contributed by atoms with van der Waals surface area (Å²) >= 11 is 0. The molecule has 0 atom stereocenters. The highest BCUT2D eigenvalue weighted by molar-refractivity contribution is 5.86. The Morgan fingerprint density at radius 2 is 2.11 bits per heavy atom. The standard InChI is InChI=1S/C16H20N2O/c1-19-13-12-17-10-3-2-6-14-7-4-8-15-9-5-11-18-16(14)15/h2,4-9,11,17H,3,10,12-13H2,1H3/b6-2+. The average Bonchev–Trinajstić information content (AvgIpc) is 2.46. The molecular weight excluding hydrogens is 236 g/mol. The predicted octanol–water partition coefficient (Wildman–Crippen LogP) is 2.87. The Morgan fingerprint density at radius 1 is 1.21 bits per heavy atom. The number of hydrogen-bond acceptors (Lipinski definition) is 3. The molecule has 0 aliphatic heterocycles. The monoisotopic (exact) mass is 256 g/mol. The Labute approximate surface area is 114 Å². The van der Waals surface area contributed by atoms with Crippen molar-refractivity contribution in [2.45, 2.75) is 6.42 Å². The van der Waals surface area contributed by atoms with Gasteiger partial charge in [0.25, 0.3) is 0 Å². The average molecular weight is 256 g/mol. The van der Waals surface area contributed by atoms with Crippen molar-refractivity contribution in [2.75, 3.05) is 26.8 Å². The van der Waals surface area contributed by atoms with Crippen LogP contribution in [0.4, 0.5) is 0 Å². The van der Waals surface area contributed by atoms with Gasteiger partial charge in [-0.15, -0.1) is 0 Å². The summed E-state index contributed by atoms with van der Waals surface area (Å²) in [6.07, 6.45) is 7.18. The molecule has 100 valence electrons. The summed E-state index contributed by atoms with van der Waals surface area (Å²) in [4.78, 5) is 4.44. The van der Waals surface area contributed by atoms with E-state index >= 15 is 0 Å². The summed E-state index contributed by atoms with van der Waals surface area (Å²) < 4.78 is 4.98. The van der Waals surface area contributed by atoms with E-state index < -0.39 is 0 Å². The quantitative estimate of drug-likeness (QED) is 0.773. The van der Waals surface area contributed by atoms with E-state index in [1.54, 1.807) is 7.11 Å². The molecule has 2 rings (SSSR count). The number of para-hydroxylation sites is 1. The zero-order valence-corrected chi connectivity index (χ0v) is 11.3. The van der Waals surface area contributed by atoms with Gasteiger partial charge in [0.1, 0.15) is 0 Å². The number of nitrogens with zero attached hydrogens (tertiary/aromatic N) is 1. The largest absolute Gasteiger partial charge is 0.383 e. The van der Waals surface area contributed by atoms with E-state index in [-0.39, 0.29) is 0 Å². The lowest BCUT2D eigenvalue weighted by Gasteiger charge is -2.02. The van der Waals surface area contributed by atoms with E-state index in [2.05, 4.69) is 46.7 Å². The fourth-order valence-electron chi connectivity index (χ4n) is 1.96. The van der Waals surface area contributed by atoms with E-state index in [9.17, 15) is 0 Å². The third-order valence-electron chi connectivity index (χ3n) is 2.93. The SMILES string of the molecule is COCCNCC/C=C/c1cccc2cccnc12. The number of rotatable bonds is 7. The summed E-state index contributed by atoms with van der Waals surface area (Å²) in [5.41, 5.74) is 2.24. The lowest BCUT2D eigenvalue weighted by atomic mass is 10.1. The van der Waals surface area contributed by atoms with Crippen molar-refractivity contribution < 1.29 is 4.74 Å². The van der Waals surface area contributed by atoms with Gasteiger partial charge in [-0.3, -0.25) is 4.98 Å². The maximum atomic E-state index is 4.98. The van der Waals surface area contributed by atoms with Crippen molar-refractivity contribution in [3.8, 4) is 0 Å². The Bertz CT molecular complexity index is 532. The van der Waals surface area contributed by atoms with E-state index in [1.807, 2.05) is 12.3 Å². The lowest BCUT2D eigenvalue weighted by Crippen LogP contribution is -2.19. The molecule has 0 saturated carbocycles. The highest BCUT2D eigenvalue weighted by Crippen LogP contribution is 2.17. The Morgan fingerprint density at radius 3 is 3.00 bits per heavy atom. The summed E-state index contributed by atoms with van der Waals surface area (Å²) in [6, 6.07) is 10.3. The van der Waals surface area contributed by atoms with Gasteiger partial charge in [-0.05, 0) is 19.0 Å². The van der Waals surface area contributed by atoms with Crippen LogP contribution in [0.5, 0.6) is 0 Å². The number of fused-ring (bicyclic) bond motifs is 1. The van der Waals surface area contributed by atoms with Crippen LogP contribution in [0.3, 0.4) is 0 Å². The van der Waals surface area contributed by atoms with Crippen LogP contribution < -0.4 is 5.32 Å². The zero-order valence-electron chi connectivity index (χ0n) is 11.3. The maximum absolute atomic E-state index is 4.98. The molecule has 19 heavy (non-hydrogen) atoms. The second-order valence-electron chi connectivity index (χ2n) is 4.36. The van der Waals surface area contributed by atoms with Crippen molar-refractivity contribution in [2.24, 2.45) is 0 Å². The molecule has 1 heterocycles. The highest BCUT2D eigenvalue weighted by Gasteiger charge is 1.97. The number of aromatic nitrogens is 1. The first-order valence-electron chi connectivity index (χ1n) is 6.62. The topological polar surface area (TPSA) is 34.1 Å². The number of nitrogens with one attached hydrogen (secondary N) is 1. The van der Waals surface area contributed by atoms with Gasteiger partial charge >= 0.3 is 0 Å². The number of ether oxygens (including phenoxy) is 1. The van der Waals surface area contributed by atoms with Gasteiger partial charge in [0.15, 0.2) is 0 Å². The molecule has 0 amide bonds. The van der Waals surface area contributed by atoms with Gasteiger partial charge in [-0.25, -0.2) is 0 Å². The van der Waals surface area contributed by atoms with E-state index in [0.29, 0.717) is 0 Å². The van der Waals surface area contributed by atoms with Crippen LogP contribution in [-0.4, -0.2) is 31.8 Å². The fourth-order valence-corrected chi connectivity index (χ4v) is 1.96. The number of hydrogen-bond donors (Lipinski definition) is 1. The highest BCUT2D eigenvalue weighted by atomic mass is 16.5. The van der Waals surface area contributed by atoms with Crippen LogP contribution in [0.1, 0.15) is 12.0 Å². The second kappa shape index (κ2) is 7.67. The molecule has 0 fully saturated rings. The van der Waals surface area contributed by atoms with Crippen LogP contribution in [-0.2, 0) is 4.74 Å². The summed E-state index contributed by atoms with van der Waals surface area (Å²) in [5.74, 6) is 0. The van der Waals surface area contributed by atoms with Crippen LogP contribution in [0.25, 0.3) is 17.0 Å². The first-order valence-corrected chi connectivity index (χ1v) is 6.62. The molecule has 0 saturated heterocycles. The predicted molar refractivity (Wildman–Crippen MR) is 80.1 cm³/mol. The molecule has 1 N–H and O–H groups in total. The zero-order chi connectivity index (χ0) is 13.3. The van der Waals surface area contributed by atoms with Crippen LogP contribution in [0.15, 0.2) is 42.6 Å². The molecule has 0 bridgehead atoms. The smallest absolute Gasteiger partial charge is 0.0774 e. The lowest BCUT2D eigenvalue weighted by molar-refractivity contribution is 0.199. The van der Waals surface area contributed by atoms with E-state index in [1.165, 1.54) is 10.9 Å². The van der Waals surface area contributed by atoms with Crippen molar-refractivity contribution in [3.05, 3.63) is 48.2 Å². The minimum absolute atomic E-state index is 0.761. The Hall–Kier alpha value is -1.71. The molecule has 0 spiro atoms. The molecule has 1 aromatic carbocycles. The van der Waals surface area contributed by atoms with Gasteiger partial charge < -0.3 is 10.1 Å². The summed E-state index contributed by atoms with van der Waals surface area (Å²) in [5, 5.41) is 4.50. The third kappa shape index (κ3) is 4.16. The summed E-state index contributed by atoms with van der Waals surface area (Å²) in [7, 11) is 1.72. The molecule has 0 aliphatic carbocycles. The first kappa shape index (κ1) is 13.7. The second-order valence-corrected chi connectivity index (χ2v) is 4.36. The maximum Gasteiger partial charge on any atom is 0.0774 e. The number of pyridine rings is 1. The minimum Gasteiger partial charge on any atom is -0.383 e. The molecule has 0 radical (unpaired) electrons. The van der Waals surface area contributed by atoms with Crippen LogP contribution >= 0.6 is 0 Å². The van der Waals surface area contributed by atoms with Gasteiger partial charge in [-0.2, -0.15) is 0 Å². The molecule has 1 aromatic heterocycles. The minimum atomic E-state index is 0.761. The van der Waals surface area contributed by atoms with E-state index in [4.69, 9.17) is 4.74 Å². The summed E-state index contributed by atoms with van der Waals surface area (Å²) in [6.45, 7) is 2.63. The third-order valence-corrected chi connectivity index (χ3v) is 2.93. The molecule has 3 heteroatoms. The molecule has 2 aromatic rings. The molecular formula is C16H20N2O. The van der Waals surface area contributed by atoms with Crippen molar-refractivity contribution in [3.63, 3.8) is 0 Å². The van der Waals surface area contributed by atoms with Gasteiger partial charge in [0.2, 0.25) is 0 Å². The van der Waals surface area contributed by atoms with Gasteiger partial charge in [0, 0.05) is 30.8 Å². The van der Waals surface area contributed by atoms with Gasteiger partial charge in [0.05, 0.1) is 12.1 Å². The first-order chi connectivity index (χ1) is 9.42. The van der Waals surface area contributed by atoms with E-state index in [0.717, 1.165) is 31.6 Å². The van der Waals surface area contributed by atoms with Crippen molar-refractivity contribution >= 4 is 17.0 Å². The Kier molecular flexibility index (Phi) is 5.53. The van der Waals surface area contributed by atoms with Crippen LogP contribution in [0.2, 0.25) is 0 Å². The number of benzene rings is 1.